The van der Waals surface area contributed by atoms with Gasteiger partial charge in [0, 0.05) is 30.5 Å². The molecule has 7 heteroatoms. The van der Waals surface area contributed by atoms with E-state index in [0.29, 0.717) is 37.1 Å². The number of hydrogen-bond acceptors (Lipinski definition) is 6. The SMILES string of the molecule is CCOc1ccc(CC(=O)N2CCCC(Cc3nc(-c4ccsc4)no3)C2)cc1. The molecule has 1 fully saturated rings. The van der Waals surface area contributed by atoms with Crippen molar-refractivity contribution in [1.29, 1.82) is 0 Å². The van der Waals surface area contributed by atoms with Gasteiger partial charge in [-0.15, -0.1) is 0 Å². The second-order valence-electron chi connectivity index (χ2n) is 7.33. The topological polar surface area (TPSA) is 68.5 Å². The van der Waals surface area contributed by atoms with E-state index in [0.717, 1.165) is 42.8 Å². The Bertz CT molecular complexity index is 921. The smallest absolute Gasteiger partial charge is 0.227 e. The molecule has 0 saturated carbocycles. The van der Waals surface area contributed by atoms with Crippen LogP contribution in [0.25, 0.3) is 11.4 Å². The van der Waals surface area contributed by atoms with Crippen molar-refractivity contribution in [3.8, 4) is 17.1 Å². The van der Waals surface area contributed by atoms with Crippen molar-refractivity contribution in [3.63, 3.8) is 0 Å². The zero-order chi connectivity index (χ0) is 20.1. The maximum absolute atomic E-state index is 12.8. The molecule has 1 aromatic carbocycles. The third kappa shape index (κ3) is 5.03. The first-order chi connectivity index (χ1) is 14.2. The minimum absolute atomic E-state index is 0.170. The number of likely N-dealkylation sites (tertiary alicyclic amines) is 1. The van der Waals surface area contributed by atoms with Gasteiger partial charge in [-0.3, -0.25) is 4.79 Å². The van der Waals surface area contributed by atoms with E-state index in [2.05, 4.69) is 10.1 Å². The van der Waals surface area contributed by atoms with Crippen LogP contribution in [0, 0.1) is 5.92 Å². The molecule has 6 nitrogen and oxygen atoms in total. The Hall–Kier alpha value is -2.67. The van der Waals surface area contributed by atoms with E-state index < -0.39 is 0 Å². The number of carbonyl (C=O) groups excluding carboxylic acids is 1. The van der Waals surface area contributed by atoms with Gasteiger partial charge in [0.05, 0.1) is 13.0 Å². The minimum Gasteiger partial charge on any atom is -0.494 e. The molecule has 4 rings (SSSR count). The Kier molecular flexibility index (Phi) is 6.24. The molecule has 1 saturated heterocycles. The summed E-state index contributed by atoms with van der Waals surface area (Å²) in [7, 11) is 0. The summed E-state index contributed by atoms with van der Waals surface area (Å²) in [4.78, 5) is 19.3. The van der Waals surface area contributed by atoms with Crippen LogP contribution in [-0.2, 0) is 17.6 Å². The van der Waals surface area contributed by atoms with Gasteiger partial charge in [0.15, 0.2) is 0 Å². The van der Waals surface area contributed by atoms with Crippen LogP contribution in [0.5, 0.6) is 5.75 Å². The molecule has 0 aliphatic carbocycles. The van der Waals surface area contributed by atoms with E-state index in [1.165, 1.54) is 0 Å². The summed E-state index contributed by atoms with van der Waals surface area (Å²) in [5.41, 5.74) is 2.00. The van der Waals surface area contributed by atoms with Crippen LogP contribution >= 0.6 is 11.3 Å². The molecular formula is C22H25N3O3S. The second kappa shape index (κ2) is 9.22. The summed E-state index contributed by atoms with van der Waals surface area (Å²) in [5.74, 6) is 2.65. The number of piperidine rings is 1. The molecule has 1 amide bonds. The number of carbonyl (C=O) groups is 1. The van der Waals surface area contributed by atoms with Gasteiger partial charge in [-0.1, -0.05) is 17.3 Å². The largest absolute Gasteiger partial charge is 0.494 e. The maximum Gasteiger partial charge on any atom is 0.227 e. The monoisotopic (exact) mass is 411 g/mol. The first-order valence-electron chi connectivity index (χ1n) is 10.1. The fraction of sp³-hybridized carbons (Fsp3) is 0.409. The summed E-state index contributed by atoms with van der Waals surface area (Å²) in [6.07, 6.45) is 3.21. The molecule has 29 heavy (non-hydrogen) atoms. The summed E-state index contributed by atoms with van der Waals surface area (Å²) >= 11 is 1.61. The number of benzene rings is 1. The Balaban J connectivity index is 1.32. The Morgan fingerprint density at radius 1 is 1.31 bits per heavy atom. The van der Waals surface area contributed by atoms with Crippen LogP contribution in [0.4, 0.5) is 0 Å². The van der Waals surface area contributed by atoms with E-state index in [4.69, 9.17) is 9.26 Å². The highest BCUT2D eigenvalue weighted by atomic mass is 32.1. The van der Waals surface area contributed by atoms with Gasteiger partial charge in [0.25, 0.3) is 0 Å². The van der Waals surface area contributed by atoms with Crippen molar-refractivity contribution in [2.24, 2.45) is 5.92 Å². The summed E-state index contributed by atoms with van der Waals surface area (Å²) in [5, 5.41) is 8.09. The van der Waals surface area contributed by atoms with Crippen LogP contribution in [0.1, 0.15) is 31.2 Å². The van der Waals surface area contributed by atoms with Gasteiger partial charge in [0.2, 0.25) is 17.6 Å². The average Bonchev–Trinajstić information content (AvgIpc) is 3.42. The molecule has 152 valence electrons. The zero-order valence-electron chi connectivity index (χ0n) is 16.5. The highest BCUT2D eigenvalue weighted by Crippen LogP contribution is 2.24. The lowest BCUT2D eigenvalue weighted by Crippen LogP contribution is -2.41. The van der Waals surface area contributed by atoms with Crippen molar-refractivity contribution < 1.29 is 14.1 Å². The van der Waals surface area contributed by atoms with E-state index in [1.807, 2.05) is 52.9 Å². The van der Waals surface area contributed by atoms with Crippen molar-refractivity contribution in [1.82, 2.24) is 15.0 Å². The molecule has 0 N–H and O–H groups in total. The number of hydrogen-bond donors (Lipinski definition) is 0. The average molecular weight is 412 g/mol. The molecule has 0 radical (unpaired) electrons. The van der Waals surface area contributed by atoms with Gasteiger partial charge < -0.3 is 14.2 Å². The summed E-state index contributed by atoms with van der Waals surface area (Å²) < 4.78 is 10.9. The van der Waals surface area contributed by atoms with Gasteiger partial charge in [0.1, 0.15) is 5.75 Å². The summed E-state index contributed by atoms with van der Waals surface area (Å²) in [6, 6.07) is 9.77. The third-order valence-electron chi connectivity index (χ3n) is 5.17. The molecule has 2 aromatic heterocycles. The number of aromatic nitrogens is 2. The third-order valence-corrected chi connectivity index (χ3v) is 5.86. The first-order valence-corrected chi connectivity index (χ1v) is 11.0. The molecule has 1 aliphatic heterocycles. The normalized spacial score (nSPS) is 16.7. The molecular weight excluding hydrogens is 386 g/mol. The van der Waals surface area contributed by atoms with Crippen LogP contribution in [-0.4, -0.2) is 40.6 Å². The molecule has 1 aliphatic rings. The lowest BCUT2D eigenvalue weighted by Gasteiger charge is -2.32. The molecule has 1 unspecified atom stereocenters. The predicted molar refractivity (Wildman–Crippen MR) is 112 cm³/mol. The molecule has 0 spiro atoms. The van der Waals surface area contributed by atoms with E-state index in [-0.39, 0.29) is 5.91 Å². The standard InChI is InChI=1S/C22H25N3O3S/c1-2-27-19-7-5-16(6-8-19)13-21(26)25-10-3-4-17(14-25)12-20-23-22(24-28-20)18-9-11-29-15-18/h5-9,11,15,17H,2-4,10,12-14H2,1H3. The Morgan fingerprint density at radius 3 is 2.93 bits per heavy atom. The van der Waals surface area contributed by atoms with Crippen LogP contribution < -0.4 is 4.74 Å². The highest BCUT2D eigenvalue weighted by Gasteiger charge is 2.25. The van der Waals surface area contributed by atoms with E-state index in [9.17, 15) is 4.79 Å². The number of thiophene rings is 1. The maximum atomic E-state index is 12.8. The molecule has 1 atom stereocenters. The fourth-order valence-electron chi connectivity index (χ4n) is 3.71. The quantitative estimate of drug-likeness (QED) is 0.582. The lowest BCUT2D eigenvalue weighted by atomic mass is 9.94. The fourth-order valence-corrected chi connectivity index (χ4v) is 4.34. The van der Waals surface area contributed by atoms with Crippen LogP contribution in [0.2, 0.25) is 0 Å². The summed E-state index contributed by atoms with van der Waals surface area (Å²) in [6.45, 7) is 4.16. The van der Waals surface area contributed by atoms with Gasteiger partial charge in [-0.2, -0.15) is 16.3 Å². The zero-order valence-corrected chi connectivity index (χ0v) is 17.4. The first kappa shape index (κ1) is 19.6. The number of rotatable bonds is 7. The van der Waals surface area contributed by atoms with Crippen LogP contribution in [0.15, 0.2) is 45.6 Å². The highest BCUT2D eigenvalue weighted by molar-refractivity contribution is 7.08. The second-order valence-corrected chi connectivity index (χ2v) is 8.11. The van der Waals surface area contributed by atoms with Crippen molar-refractivity contribution >= 4 is 17.2 Å². The van der Waals surface area contributed by atoms with Crippen molar-refractivity contribution in [3.05, 3.63) is 52.5 Å². The molecule has 3 heterocycles. The number of nitrogens with zero attached hydrogens (tertiary/aromatic N) is 3. The Morgan fingerprint density at radius 2 is 2.17 bits per heavy atom. The van der Waals surface area contributed by atoms with Gasteiger partial charge >= 0.3 is 0 Å². The van der Waals surface area contributed by atoms with Crippen molar-refractivity contribution in [2.75, 3.05) is 19.7 Å². The minimum atomic E-state index is 0.170. The number of amides is 1. The lowest BCUT2D eigenvalue weighted by molar-refractivity contribution is -0.132. The van der Waals surface area contributed by atoms with Gasteiger partial charge in [-0.25, -0.2) is 0 Å². The molecule has 0 bridgehead atoms. The van der Waals surface area contributed by atoms with Gasteiger partial charge in [-0.05, 0) is 54.8 Å². The number of ether oxygens (including phenoxy) is 1. The van der Waals surface area contributed by atoms with Crippen LogP contribution in [0.3, 0.4) is 0 Å². The predicted octanol–water partition coefficient (Wildman–Crippen LogP) is 4.22. The van der Waals surface area contributed by atoms with Crippen molar-refractivity contribution in [2.45, 2.75) is 32.6 Å². The van der Waals surface area contributed by atoms with E-state index >= 15 is 0 Å². The van der Waals surface area contributed by atoms with E-state index in [1.54, 1.807) is 11.3 Å². The molecule has 3 aromatic rings. The Labute approximate surface area is 174 Å².